The first-order valence-corrected chi connectivity index (χ1v) is 7.22. The van der Waals surface area contributed by atoms with E-state index in [0.29, 0.717) is 12.3 Å². The first-order valence-electron chi connectivity index (χ1n) is 7.22. The van der Waals surface area contributed by atoms with Crippen LogP contribution < -0.4 is 4.74 Å². The second-order valence-corrected chi connectivity index (χ2v) is 5.39. The van der Waals surface area contributed by atoms with Gasteiger partial charge in [0.15, 0.2) is 0 Å². The molecule has 1 atom stereocenters. The maximum atomic E-state index is 7.41. The normalized spacial score (nSPS) is 17.6. The SMILES string of the molecule is [C]Cc1ccc(C2CCCc3c(OC)cccc32)cc1. The molecule has 0 fully saturated rings. The first-order chi connectivity index (χ1) is 9.83. The van der Waals surface area contributed by atoms with E-state index in [0.717, 1.165) is 17.7 Å². The van der Waals surface area contributed by atoms with Crippen LogP contribution in [0.15, 0.2) is 42.5 Å². The van der Waals surface area contributed by atoms with E-state index in [1.54, 1.807) is 7.11 Å². The smallest absolute Gasteiger partial charge is 0.122 e. The Morgan fingerprint density at radius 1 is 1.15 bits per heavy atom. The van der Waals surface area contributed by atoms with Gasteiger partial charge in [0.25, 0.3) is 0 Å². The minimum atomic E-state index is 0.357. The number of ether oxygens (including phenoxy) is 1. The van der Waals surface area contributed by atoms with Crippen LogP contribution in [0, 0.1) is 6.92 Å². The van der Waals surface area contributed by atoms with E-state index in [1.807, 2.05) is 0 Å². The molecule has 0 aliphatic heterocycles. The van der Waals surface area contributed by atoms with Gasteiger partial charge < -0.3 is 4.74 Å². The third kappa shape index (κ3) is 2.33. The lowest BCUT2D eigenvalue weighted by Gasteiger charge is -2.27. The van der Waals surface area contributed by atoms with Gasteiger partial charge >= 0.3 is 0 Å². The van der Waals surface area contributed by atoms with Crippen molar-refractivity contribution in [3.05, 3.63) is 71.6 Å². The highest BCUT2D eigenvalue weighted by atomic mass is 16.5. The van der Waals surface area contributed by atoms with Crippen molar-refractivity contribution in [3.8, 4) is 5.75 Å². The molecule has 3 radical (unpaired) electrons. The van der Waals surface area contributed by atoms with Crippen LogP contribution in [0.3, 0.4) is 0 Å². The van der Waals surface area contributed by atoms with Crippen molar-refractivity contribution in [3.63, 3.8) is 0 Å². The molecule has 2 aromatic carbocycles. The summed E-state index contributed by atoms with van der Waals surface area (Å²) < 4.78 is 5.51. The monoisotopic (exact) mass is 263 g/mol. The van der Waals surface area contributed by atoms with Crippen LogP contribution in [0.1, 0.15) is 41.0 Å². The van der Waals surface area contributed by atoms with Crippen LogP contribution in [0.4, 0.5) is 0 Å². The fraction of sp³-hybridized carbons (Fsp3) is 0.316. The molecule has 101 valence electrons. The summed E-state index contributed by atoms with van der Waals surface area (Å²) in [5.41, 5.74) is 5.22. The molecule has 0 amide bonds. The third-order valence-corrected chi connectivity index (χ3v) is 4.27. The van der Waals surface area contributed by atoms with E-state index in [9.17, 15) is 0 Å². The number of methoxy groups -OCH3 is 1. The fourth-order valence-electron chi connectivity index (χ4n) is 3.22. The van der Waals surface area contributed by atoms with Crippen molar-refractivity contribution in [2.75, 3.05) is 7.11 Å². The van der Waals surface area contributed by atoms with Gasteiger partial charge in [0.2, 0.25) is 0 Å². The summed E-state index contributed by atoms with van der Waals surface area (Å²) in [6.07, 6.45) is 3.87. The molecule has 1 aliphatic rings. The molecule has 0 spiro atoms. The molecule has 1 unspecified atom stereocenters. The van der Waals surface area contributed by atoms with Crippen LogP contribution in [0.5, 0.6) is 5.75 Å². The van der Waals surface area contributed by atoms with Gasteiger partial charge in [-0.2, -0.15) is 0 Å². The van der Waals surface area contributed by atoms with Gasteiger partial charge in [0.05, 0.1) is 7.11 Å². The van der Waals surface area contributed by atoms with Crippen LogP contribution in [0.25, 0.3) is 0 Å². The minimum absolute atomic E-state index is 0.357. The average Bonchev–Trinajstić information content (AvgIpc) is 2.54. The summed E-state index contributed by atoms with van der Waals surface area (Å²) in [6.45, 7) is 7.41. The highest BCUT2D eigenvalue weighted by molar-refractivity contribution is 5.47. The van der Waals surface area contributed by atoms with E-state index in [1.165, 1.54) is 29.5 Å². The fourth-order valence-corrected chi connectivity index (χ4v) is 3.22. The zero-order chi connectivity index (χ0) is 13.9. The van der Waals surface area contributed by atoms with Crippen molar-refractivity contribution in [2.24, 2.45) is 0 Å². The van der Waals surface area contributed by atoms with Gasteiger partial charge in [0, 0.05) is 5.92 Å². The number of fused-ring (bicyclic) bond motifs is 1. The van der Waals surface area contributed by atoms with Gasteiger partial charge in [-0.1, -0.05) is 36.4 Å². The van der Waals surface area contributed by atoms with Crippen LogP contribution in [-0.2, 0) is 12.8 Å². The third-order valence-electron chi connectivity index (χ3n) is 4.27. The van der Waals surface area contributed by atoms with E-state index in [4.69, 9.17) is 11.7 Å². The molecule has 0 heterocycles. The lowest BCUT2D eigenvalue weighted by molar-refractivity contribution is 0.404. The number of hydrogen-bond acceptors (Lipinski definition) is 1. The summed E-state index contributed by atoms with van der Waals surface area (Å²) in [4.78, 5) is 0. The number of hydrogen-bond donors (Lipinski definition) is 0. The second-order valence-electron chi connectivity index (χ2n) is 5.39. The molecule has 0 bridgehead atoms. The van der Waals surface area contributed by atoms with Crippen molar-refractivity contribution in [1.29, 1.82) is 0 Å². The minimum Gasteiger partial charge on any atom is -0.496 e. The van der Waals surface area contributed by atoms with Crippen molar-refractivity contribution in [1.82, 2.24) is 0 Å². The number of benzene rings is 2. The van der Waals surface area contributed by atoms with Gasteiger partial charge in [-0.3, -0.25) is 0 Å². The standard InChI is InChI=1S/C19H19O/c1-3-14-10-12-15(13-11-14)16-6-4-8-18-17(16)7-5-9-19(18)20-2/h5,7,9-13,16H,3-4,6,8H2,2H3. The topological polar surface area (TPSA) is 9.23 Å². The molecule has 1 aliphatic carbocycles. The predicted octanol–water partition coefficient (Wildman–Crippen LogP) is 4.29. The Morgan fingerprint density at radius 2 is 1.95 bits per heavy atom. The zero-order valence-electron chi connectivity index (χ0n) is 11.9. The molecule has 0 saturated carbocycles. The molecule has 0 aromatic heterocycles. The van der Waals surface area contributed by atoms with Gasteiger partial charge in [0.1, 0.15) is 5.75 Å². The number of rotatable bonds is 3. The summed E-state index contributed by atoms with van der Waals surface area (Å²) >= 11 is 0. The summed E-state index contributed by atoms with van der Waals surface area (Å²) in [5.74, 6) is 1.49. The Kier molecular flexibility index (Phi) is 3.77. The maximum Gasteiger partial charge on any atom is 0.122 e. The van der Waals surface area contributed by atoms with Gasteiger partial charge in [-0.15, -0.1) is 0 Å². The molecule has 3 rings (SSSR count). The lowest BCUT2D eigenvalue weighted by atomic mass is 9.78. The van der Waals surface area contributed by atoms with E-state index in [-0.39, 0.29) is 0 Å². The summed E-state index contributed by atoms with van der Waals surface area (Å²) in [7, 11) is 1.75. The first kappa shape index (κ1) is 13.2. The molecule has 1 heteroatoms. The van der Waals surface area contributed by atoms with Crippen molar-refractivity contribution < 1.29 is 4.74 Å². The van der Waals surface area contributed by atoms with Gasteiger partial charge in [-0.25, -0.2) is 0 Å². The Hall–Kier alpha value is -1.76. The molecular formula is C19H19O. The Labute approximate surface area is 121 Å². The molecular weight excluding hydrogens is 244 g/mol. The Morgan fingerprint density at radius 3 is 2.65 bits per heavy atom. The predicted molar refractivity (Wildman–Crippen MR) is 81.2 cm³/mol. The lowest BCUT2D eigenvalue weighted by Crippen LogP contribution is -2.12. The van der Waals surface area contributed by atoms with E-state index >= 15 is 0 Å². The molecule has 0 N–H and O–H groups in total. The van der Waals surface area contributed by atoms with Crippen molar-refractivity contribution >= 4 is 0 Å². The van der Waals surface area contributed by atoms with E-state index < -0.39 is 0 Å². The zero-order valence-corrected chi connectivity index (χ0v) is 11.9. The van der Waals surface area contributed by atoms with Crippen LogP contribution in [0.2, 0.25) is 0 Å². The molecule has 1 nitrogen and oxygen atoms in total. The van der Waals surface area contributed by atoms with Crippen LogP contribution in [-0.4, -0.2) is 7.11 Å². The summed E-state index contributed by atoms with van der Waals surface area (Å²) in [5, 5.41) is 0. The van der Waals surface area contributed by atoms with Crippen LogP contribution >= 0.6 is 0 Å². The van der Waals surface area contributed by atoms with Crippen molar-refractivity contribution in [2.45, 2.75) is 31.6 Å². The largest absolute Gasteiger partial charge is 0.496 e. The Bertz CT molecular complexity index is 583. The highest BCUT2D eigenvalue weighted by Gasteiger charge is 2.23. The molecule has 2 aromatic rings. The highest BCUT2D eigenvalue weighted by Crippen LogP contribution is 2.40. The van der Waals surface area contributed by atoms with Gasteiger partial charge in [-0.05, 0) is 60.9 Å². The van der Waals surface area contributed by atoms with E-state index in [2.05, 4.69) is 42.5 Å². The molecule has 20 heavy (non-hydrogen) atoms. The second kappa shape index (κ2) is 5.70. The quantitative estimate of drug-likeness (QED) is 0.802. The summed E-state index contributed by atoms with van der Waals surface area (Å²) in [6, 6.07) is 14.9. The Balaban J connectivity index is 2.00. The molecule has 0 saturated heterocycles. The maximum absolute atomic E-state index is 7.41. The average molecular weight is 263 g/mol.